The van der Waals surface area contributed by atoms with Crippen molar-refractivity contribution in [1.29, 1.82) is 0 Å². The Morgan fingerprint density at radius 1 is 1.08 bits per heavy atom. The van der Waals surface area contributed by atoms with Gasteiger partial charge in [0.25, 0.3) is 0 Å². The minimum Gasteiger partial charge on any atom is -0.495 e. The van der Waals surface area contributed by atoms with Crippen molar-refractivity contribution in [3.63, 3.8) is 0 Å². The van der Waals surface area contributed by atoms with Crippen molar-refractivity contribution in [2.75, 3.05) is 30.9 Å². The van der Waals surface area contributed by atoms with Crippen LogP contribution in [0.2, 0.25) is 0 Å². The minimum atomic E-state index is -0.137. The average Bonchev–Trinajstić information content (AvgIpc) is 2.61. The Morgan fingerprint density at radius 2 is 1.80 bits per heavy atom. The summed E-state index contributed by atoms with van der Waals surface area (Å²) in [6.45, 7) is 5.23. The van der Waals surface area contributed by atoms with Gasteiger partial charge in [0.1, 0.15) is 11.5 Å². The molecule has 2 rings (SSSR count). The molecular formula is C20H26N2O3. The molecule has 0 heterocycles. The largest absolute Gasteiger partial charge is 0.495 e. The number of para-hydroxylation sites is 2. The van der Waals surface area contributed by atoms with Gasteiger partial charge in [-0.15, -0.1) is 0 Å². The Bertz CT molecular complexity index is 669. The molecule has 0 aromatic heterocycles. The van der Waals surface area contributed by atoms with Gasteiger partial charge in [0.05, 0.1) is 25.9 Å². The van der Waals surface area contributed by atoms with Gasteiger partial charge in [-0.05, 0) is 48.7 Å². The number of amides is 1. The smallest absolute Gasteiger partial charge is 0.243 e. The quantitative estimate of drug-likeness (QED) is 0.718. The molecule has 2 N–H and O–H groups in total. The van der Waals surface area contributed by atoms with Gasteiger partial charge in [-0.1, -0.05) is 26.0 Å². The van der Waals surface area contributed by atoms with Crippen LogP contribution in [0, 0.1) is 5.92 Å². The van der Waals surface area contributed by atoms with E-state index < -0.39 is 0 Å². The highest BCUT2D eigenvalue weighted by molar-refractivity contribution is 5.95. The van der Waals surface area contributed by atoms with Crippen molar-refractivity contribution >= 4 is 17.3 Å². The summed E-state index contributed by atoms with van der Waals surface area (Å²) in [5.74, 6) is 1.97. The molecule has 0 fully saturated rings. The van der Waals surface area contributed by atoms with E-state index in [1.807, 2.05) is 36.4 Å². The van der Waals surface area contributed by atoms with Crippen LogP contribution in [0.15, 0.2) is 48.5 Å². The molecule has 0 bridgehead atoms. The van der Waals surface area contributed by atoms with Crippen LogP contribution in [-0.4, -0.2) is 26.2 Å². The van der Waals surface area contributed by atoms with Gasteiger partial charge >= 0.3 is 0 Å². The van der Waals surface area contributed by atoms with Gasteiger partial charge in [0.15, 0.2) is 0 Å². The predicted octanol–water partition coefficient (Wildman–Crippen LogP) is 4.17. The van der Waals surface area contributed by atoms with Crippen LogP contribution in [0.5, 0.6) is 11.5 Å². The summed E-state index contributed by atoms with van der Waals surface area (Å²) in [4.78, 5) is 12.1. The SMILES string of the molecule is COc1ccccc1NC(=O)CNc1ccc(OCCC(C)C)cc1. The van der Waals surface area contributed by atoms with Crippen molar-refractivity contribution in [2.45, 2.75) is 20.3 Å². The van der Waals surface area contributed by atoms with Crippen LogP contribution < -0.4 is 20.1 Å². The fourth-order valence-corrected chi connectivity index (χ4v) is 2.21. The highest BCUT2D eigenvalue weighted by Gasteiger charge is 2.06. The van der Waals surface area contributed by atoms with E-state index in [9.17, 15) is 4.79 Å². The predicted molar refractivity (Wildman–Crippen MR) is 102 cm³/mol. The molecule has 2 aromatic carbocycles. The number of ether oxygens (including phenoxy) is 2. The second-order valence-electron chi connectivity index (χ2n) is 6.16. The number of methoxy groups -OCH3 is 1. The molecule has 0 unspecified atom stereocenters. The zero-order chi connectivity index (χ0) is 18.1. The zero-order valence-electron chi connectivity index (χ0n) is 15.0. The first-order valence-electron chi connectivity index (χ1n) is 8.48. The molecular weight excluding hydrogens is 316 g/mol. The van der Waals surface area contributed by atoms with Crippen LogP contribution >= 0.6 is 0 Å². The summed E-state index contributed by atoms with van der Waals surface area (Å²) in [6.07, 6.45) is 1.03. The zero-order valence-corrected chi connectivity index (χ0v) is 15.0. The second-order valence-corrected chi connectivity index (χ2v) is 6.16. The van der Waals surface area contributed by atoms with E-state index in [1.165, 1.54) is 0 Å². The van der Waals surface area contributed by atoms with Gasteiger partial charge in [-0.25, -0.2) is 0 Å². The van der Waals surface area contributed by atoms with E-state index in [-0.39, 0.29) is 12.5 Å². The van der Waals surface area contributed by atoms with E-state index in [1.54, 1.807) is 19.2 Å². The van der Waals surface area contributed by atoms with Gasteiger partial charge < -0.3 is 20.1 Å². The van der Waals surface area contributed by atoms with Gasteiger partial charge in [0, 0.05) is 5.69 Å². The fraction of sp³-hybridized carbons (Fsp3) is 0.350. The number of carbonyl (C=O) groups is 1. The number of hydrogen-bond acceptors (Lipinski definition) is 4. The number of nitrogens with one attached hydrogen (secondary N) is 2. The first kappa shape index (κ1) is 18.6. The van der Waals surface area contributed by atoms with Crippen molar-refractivity contribution < 1.29 is 14.3 Å². The second kappa shape index (κ2) is 9.57. The third-order valence-electron chi connectivity index (χ3n) is 3.65. The maximum atomic E-state index is 12.1. The lowest BCUT2D eigenvalue weighted by Crippen LogP contribution is -2.22. The Labute approximate surface area is 149 Å². The molecule has 0 radical (unpaired) electrons. The van der Waals surface area contributed by atoms with Crippen molar-refractivity contribution in [2.24, 2.45) is 5.92 Å². The lowest BCUT2D eigenvalue weighted by Gasteiger charge is -2.11. The summed E-state index contributed by atoms with van der Waals surface area (Å²) in [5.41, 5.74) is 1.53. The topological polar surface area (TPSA) is 59.6 Å². The van der Waals surface area contributed by atoms with E-state index in [2.05, 4.69) is 24.5 Å². The van der Waals surface area contributed by atoms with E-state index in [4.69, 9.17) is 9.47 Å². The molecule has 25 heavy (non-hydrogen) atoms. The van der Waals surface area contributed by atoms with Crippen molar-refractivity contribution in [3.05, 3.63) is 48.5 Å². The molecule has 1 amide bonds. The maximum absolute atomic E-state index is 12.1. The van der Waals surface area contributed by atoms with E-state index in [0.29, 0.717) is 24.0 Å². The molecule has 0 saturated carbocycles. The molecule has 5 nitrogen and oxygen atoms in total. The summed E-state index contributed by atoms with van der Waals surface area (Å²) >= 11 is 0. The fourth-order valence-electron chi connectivity index (χ4n) is 2.21. The number of anilines is 2. The highest BCUT2D eigenvalue weighted by atomic mass is 16.5. The standard InChI is InChI=1S/C20H26N2O3/c1-15(2)12-13-25-17-10-8-16(9-11-17)21-14-20(23)22-18-6-4-5-7-19(18)24-3/h4-11,15,21H,12-14H2,1-3H3,(H,22,23). The van der Waals surface area contributed by atoms with Crippen molar-refractivity contribution in [3.8, 4) is 11.5 Å². The lowest BCUT2D eigenvalue weighted by atomic mass is 10.1. The summed E-state index contributed by atoms with van der Waals surface area (Å²) in [6, 6.07) is 14.9. The molecule has 0 saturated heterocycles. The van der Waals surface area contributed by atoms with Crippen LogP contribution in [-0.2, 0) is 4.79 Å². The van der Waals surface area contributed by atoms with E-state index in [0.717, 1.165) is 17.9 Å². The summed E-state index contributed by atoms with van der Waals surface area (Å²) in [5, 5.41) is 5.93. The third kappa shape index (κ3) is 6.37. The molecule has 5 heteroatoms. The molecule has 0 aliphatic heterocycles. The van der Waals surface area contributed by atoms with Crippen LogP contribution in [0.25, 0.3) is 0 Å². The number of hydrogen-bond donors (Lipinski definition) is 2. The molecule has 134 valence electrons. The van der Waals surface area contributed by atoms with Crippen molar-refractivity contribution in [1.82, 2.24) is 0 Å². The average molecular weight is 342 g/mol. The lowest BCUT2D eigenvalue weighted by molar-refractivity contribution is -0.114. The Kier molecular flexibility index (Phi) is 7.14. The Morgan fingerprint density at radius 3 is 2.48 bits per heavy atom. The molecule has 0 spiro atoms. The maximum Gasteiger partial charge on any atom is 0.243 e. The van der Waals surface area contributed by atoms with Gasteiger partial charge in [-0.3, -0.25) is 4.79 Å². The first-order chi connectivity index (χ1) is 12.1. The first-order valence-corrected chi connectivity index (χ1v) is 8.48. The molecule has 0 aliphatic carbocycles. The van der Waals surface area contributed by atoms with Crippen LogP contribution in [0.1, 0.15) is 20.3 Å². The molecule has 0 atom stereocenters. The molecule has 0 aliphatic rings. The minimum absolute atomic E-state index is 0.137. The third-order valence-corrected chi connectivity index (χ3v) is 3.65. The number of benzene rings is 2. The normalized spacial score (nSPS) is 10.4. The Balaban J connectivity index is 1.79. The van der Waals surface area contributed by atoms with E-state index >= 15 is 0 Å². The summed E-state index contributed by atoms with van der Waals surface area (Å²) < 4.78 is 10.9. The number of rotatable bonds is 9. The molecule has 2 aromatic rings. The van der Waals surface area contributed by atoms with Gasteiger partial charge in [0.2, 0.25) is 5.91 Å². The highest BCUT2D eigenvalue weighted by Crippen LogP contribution is 2.23. The van der Waals surface area contributed by atoms with Gasteiger partial charge in [-0.2, -0.15) is 0 Å². The monoisotopic (exact) mass is 342 g/mol. The van der Waals surface area contributed by atoms with Crippen LogP contribution in [0.4, 0.5) is 11.4 Å². The number of carbonyl (C=O) groups excluding carboxylic acids is 1. The Hall–Kier alpha value is -2.69. The summed E-state index contributed by atoms with van der Waals surface area (Å²) in [7, 11) is 1.58. The van der Waals surface area contributed by atoms with Crippen LogP contribution in [0.3, 0.4) is 0 Å².